The first-order valence-corrected chi connectivity index (χ1v) is 6.22. The molecule has 4 heteroatoms. The SMILES string of the molecule is CCCC(C)CNCCCc1nc(C)no1. The molecule has 0 fully saturated rings. The molecule has 4 nitrogen and oxygen atoms in total. The van der Waals surface area contributed by atoms with Crippen LogP contribution >= 0.6 is 0 Å². The Kier molecular flexibility index (Phi) is 6.08. The third kappa shape index (κ3) is 5.26. The van der Waals surface area contributed by atoms with E-state index >= 15 is 0 Å². The number of aryl methyl sites for hydroxylation is 2. The summed E-state index contributed by atoms with van der Waals surface area (Å²) < 4.78 is 5.04. The van der Waals surface area contributed by atoms with Crippen molar-refractivity contribution in [2.24, 2.45) is 5.92 Å². The van der Waals surface area contributed by atoms with Crippen LogP contribution in [0.5, 0.6) is 0 Å². The van der Waals surface area contributed by atoms with E-state index in [1.165, 1.54) is 12.8 Å². The Hall–Kier alpha value is -0.900. The van der Waals surface area contributed by atoms with Gasteiger partial charge in [0.15, 0.2) is 5.82 Å². The molecule has 1 rings (SSSR count). The third-order valence-electron chi connectivity index (χ3n) is 2.59. The van der Waals surface area contributed by atoms with Crippen LogP contribution in [0, 0.1) is 12.8 Å². The van der Waals surface area contributed by atoms with Gasteiger partial charge in [-0.05, 0) is 38.8 Å². The minimum Gasteiger partial charge on any atom is -0.339 e. The molecule has 0 bridgehead atoms. The van der Waals surface area contributed by atoms with E-state index in [1.807, 2.05) is 6.92 Å². The minimum absolute atomic E-state index is 0.722. The minimum atomic E-state index is 0.722. The van der Waals surface area contributed by atoms with Crippen LogP contribution < -0.4 is 5.32 Å². The maximum absolute atomic E-state index is 5.04. The molecular formula is C12H23N3O. The lowest BCUT2D eigenvalue weighted by atomic mass is 10.1. The Morgan fingerprint density at radius 2 is 2.25 bits per heavy atom. The molecular weight excluding hydrogens is 202 g/mol. The lowest BCUT2D eigenvalue weighted by Crippen LogP contribution is -2.22. The van der Waals surface area contributed by atoms with E-state index in [1.54, 1.807) is 0 Å². The van der Waals surface area contributed by atoms with Crippen molar-refractivity contribution >= 4 is 0 Å². The number of nitrogens with one attached hydrogen (secondary N) is 1. The normalized spacial score (nSPS) is 12.9. The Labute approximate surface area is 97.8 Å². The Morgan fingerprint density at radius 1 is 1.44 bits per heavy atom. The van der Waals surface area contributed by atoms with Gasteiger partial charge in [-0.2, -0.15) is 4.98 Å². The summed E-state index contributed by atoms with van der Waals surface area (Å²) in [5.41, 5.74) is 0. The third-order valence-corrected chi connectivity index (χ3v) is 2.59. The summed E-state index contributed by atoms with van der Waals surface area (Å²) >= 11 is 0. The zero-order valence-electron chi connectivity index (χ0n) is 10.6. The fourth-order valence-corrected chi connectivity index (χ4v) is 1.75. The lowest BCUT2D eigenvalue weighted by Gasteiger charge is -2.10. The van der Waals surface area contributed by atoms with E-state index in [0.717, 1.165) is 43.6 Å². The van der Waals surface area contributed by atoms with Crippen molar-refractivity contribution in [3.63, 3.8) is 0 Å². The van der Waals surface area contributed by atoms with E-state index in [-0.39, 0.29) is 0 Å². The van der Waals surface area contributed by atoms with E-state index in [2.05, 4.69) is 29.3 Å². The summed E-state index contributed by atoms with van der Waals surface area (Å²) in [6, 6.07) is 0. The average Bonchev–Trinajstić information content (AvgIpc) is 2.64. The van der Waals surface area contributed by atoms with Crippen molar-refractivity contribution in [2.75, 3.05) is 13.1 Å². The van der Waals surface area contributed by atoms with Crippen molar-refractivity contribution in [3.8, 4) is 0 Å². The predicted molar refractivity (Wildman–Crippen MR) is 64.3 cm³/mol. The number of hydrogen-bond acceptors (Lipinski definition) is 4. The first kappa shape index (κ1) is 13.2. The van der Waals surface area contributed by atoms with Gasteiger partial charge in [0.25, 0.3) is 0 Å². The Morgan fingerprint density at radius 3 is 2.88 bits per heavy atom. The van der Waals surface area contributed by atoms with Crippen molar-refractivity contribution in [1.82, 2.24) is 15.5 Å². The molecule has 0 aliphatic rings. The quantitative estimate of drug-likeness (QED) is 0.690. The summed E-state index contributed by atoms with van der Waals surface area (Å²) in [5, 5.41) is 7.22. The van der Waals surface area contributed by atoms with Gasteiger partial charge in [-0.25, -0.2) is 0 Å². The second kappa shape index (κ2) is 7.39. The molecule has 0 aromatic carbocycles. The van der Waals surface area contributed by atoms with Crippen molar-refractivity contribution in [3.05, 3.63) is 11.7 Å². The van der Waals surface area contributed by atoms with Crippen molar-refractivity contribution in [1.29, 1.82) is 0 Å². The van der Waals surface area contributed by atoms with E-state index in [0.29, 0.717) is 0 Å². The number of rotatable bonds is 8. The van der Waals surface area contributed by atoms with Crippen LogP contribution in [0.15, 0.2) is 4.52 Å². The van der Waals surface area contributed by atoms with Crippen molar-refractivity contribution < 1.29 is 4.52 Å². The Bertz CT molecular complexity index is 286. The van der Waals surface area contributed by atoms with Gasteiger partial charge in [-0.15, -0.1) is 0 Å². The molecule has 0 saturated heterocycles. The molecule has 0 radical (unpaired) electrons. The molecule has 0 amide bonds. The predicted octanol–water partition coefficient (Wildman–Crippen LogP) is 2.34. The molecule has 1 heterocycles. The van der Waals surface area contributed by atoms with Crippen LogP contribution in [0.2, 0.25) is 0 Å². The molecule has 16 heavy (non-hydrogen) atoms. The molecule has 92 valence electrons. The maximum atomic E-state index is 5.04. The highest BCUT2D eigenvalue weighted by Crippen LogP contribution is 2.03. The highest BCUT2D eigenvalue weighted by Gasteiger charge is 2.02. The molecule has 1 atom stereocenters. The van der Waals surface area contributed by atoms with Gasteiger partial charge in [0, 0.05) is 6.42 Å². The van der Waals surface area contributed by atoms with Gasteiger partial charge in [-0.1, -0.05) is 25.4 Å². The average molecular weight is 225 g/mol. The van der Waals surface area contributed by atoms with Gasteiger partial charge in [0.2, 0.25) is 5.89 Å². The van der Waals surface area contributed by atoms with Gasteiger partial charge in [0.1, 0.15) is 0 Å². The largest absolute Gasteiger partial charge is 0.339 e. The van der Waals surface area contributed by atoms with Gasteiger partial charge < -0.3 is 9.84 Å². The van der Waals surface area contributed by atoms with Crippen LogP contribution in [0.1, 0.15) is 44.8 Å². The summed E-state index contributed by atoms with van der Waals surface area (Å²) in [7, 11) is 0. The van der Waals surface area contributed by atoms with Crippen LogP contribution in [0.25, 0.3) is 0 Å². The second-order valence-corrected chi connectivity index (χ2v) is 4.44. The first-order chi connectivity index (χ1) is 7.72. The van der Waals surface area contributed by atoms with Gasteiger partial charge in [0.05, 0.1) is 0 Å². The summed E-state index contributed by atoms with van der Waals surface area (Å²) in [4.78, 5) is 4.17. The van der Waals surface area contributed by atoms with Gasteiger partial charge in [-0.3, -0.25) is 0 Å². The number of nitrogens with zero attached hydrogens (tertiary/aromatic N) is 2. The maximum Gasteiger partial charge on any atom is 0.226 e. The van der Waals surface area contributed by atoms with E-state index < -0.39 is 0 Å². The van der Waals surface area contributed by atoms with Crippen LogP contribution in [0.3, 0.4) is 0 Å². The monoisotopic (exact) mass is 225 g/mol. The topological polar surface area (TPSA) is 51.0 Å². The van der Waals surface area contributed by atoms with Gasteiger partial charge >= 0.3 is 0 Å². The molecule has 1 aromatic heterocycles. The molecule has 1 unspecified atom stereocenters. The zero-order valence-corrected chi connectivity index (χ0v) is 10.6. The molecule has 0 spiro atoms. The summed E-state index contributed by atoms with van der Waals surface area (Å²) in [6.07, 6.45) is 4.50. The van der Waals surface area contributed by atoms with E-state index in [9.17, 15) is 0 Å². The van der Waals surface area contributed by atoms with Crippen LogP contribution in [0.4, 0.5) is 0 Å². The molecule has 0 aliphatic heterocycles. The Balaban J connectivity index is 2.00. The number of aromatic nitrogens is 2. The first-order valence-electron chi connectivity index (χ1n) is 6.22. The molecule has 1 aromatic rings. The summed E-state index contributed by atoms with van der Waals surface area (Å²) in [5.74, 6) is 2.25. The summed E-state index contributed by atoms with van der Waals surface area (Å²) in [6.45, 7) is 8.50. The lowest BCUT2D eigenvalue weighted by molar-refractivity contribution is 0.369. The highest BCUT2D eigenvalue weighted by molar-refractivity contribution is 4.82. The fraction of sp³-hybridized carbons (Fsp3) is 0.833. The van der Waals surface area contributed by atoms with Crippen LogP contribution in [-0.4, -0.2) is 23.2 Å². The molecule has 1 N–H and O–H groups in total. The highest BCUT2D eigenvalue weighted by atomic mass is 16.5. The standard InChI is InChI=1S/C12H23N3O/c1-4-6-10(2)9-13-8-5-7-12-14-11(3)15-16-12/h10,13H,4-9H2,1-3H3. The number of hydrogen-bond donors (Lipinski definition) is 1. The van der Waals surface area contributed by atoms with Crippen LogP contribution in [-0.2, 0) is 6.42 Å². The molecule has 0 saturated carbocycles. The zero-order chi connectivity index (χ0) is 11.8. The fourth-order valence-electron chi connectivity index (χ4n) is 1.75. The van der Waals surface area contributed by atoms with E-state index in [4.69, 9.17) is 4.52 Å². The van der Waals surface area contributed by atoms with Crippen molar-refractivity contribution in [2.45, 2.75) is 46.5 Å². The second-order valence-electron chi connectivity index (χ2n) is 4.44. The molecule has 0 aliphatic carbocycles. The smallest absolute Gasteiger partial charge is 0.226 e.